The number of benzene rings is 1. The quantitative estimate of drug-likeness (QED) is 0.682. The van der Waals surface area contributed by atoms with Crippen molar-refractivity contribution < 1.29 is 9.59 Å². The highest BCUT2D eigenvalue weighted by Crippen LogP contribution is 1.97. The van der Waals surface area contributed by atoms with Crippen LogP contribution in [0.25, 0.3) is 0 Å². The lowest BCUT2D eigenvalue weighted by atomic mass is 10.2. The first-order valence-corrected chi connectivity index (χ1v) is 5.01. The maximum absolute atomic E-state index is 10.1. The Hall–Kier alpha value is -1.64. The van der Waals surface area contributed by atoms with E-state index >= 15 is 0 Å². The Morgan fingerprint density at radius 3 is 2.13 bits per heavy atom. The third kappa shape index (κ3) is 3.94. The summed E-state index contributed by atoms with van der Waals surface area (Å²) in [6.45, 7) is 2.81. The van der Waals surface area contributed by atoms with Crippen molar-refractivity contribution in [2.24, 2.45) is 0 Å². The lowest BCUT2D eigenvalue weighted by molar-refractivity contribution is -0.137. The lowest BCUT2D eigenvalue weighted by Gasteiger charge is -2.23. The summed E-state index contributed by atoms with van der Waals surface area (Å²) in [5, 5.41) is 0. The Bertz CT molecular complexity index is 314. The summed E-state index contributed by atoms with van der Waals surface area (Å²) >= 11 is 0. The number of Topliss-reactive ketones (excluding diaryl/α,β-unsaturated/α-hetero) is 1. The minimum absolute atomic E-state index is 0.145. The summed E-state index contributed by atoms with van der Waals surface area (Å²) in [7, 11) is 0. The number of rotatable bonds is 2. The molecule has 3 heteroatoms. The van der Waals surface area contributed by atoms with Crippen molar-refractivity contribution in [2.45, 2.75) is 13.3 Å². The maximum atomic E-state index is 10.1. The third-order valence-corrected chi connectivity index (χ3v) is 2.16. The van der Waals surface area contributed by atoms with Gasteiger partial charge in [0.15, 0.2) is 5.78 Å². The van der Waals surface area contributed by atoms with Crippen LogP contribution in [-0.2, 0) is 16.0 Å². The molecule has 15 heavy (non-hydrogen) atoms. The van der Waals surface area contributed by atoms with Crippen LogP contribution in [0, 0.1) is 0 Å². The molecule has 0 radical (unpaired) electrons. The molecule has 1 saturated heterocycles. The van der Waals surface area contributed by atoms with Gasteiger partial charge in [-0.3, -0.25) is 9.59 Å². The summed E-state index contributed by atoms with van der Waals surface area (Å²) in [6.07, 6.45) is 1.82. The minimum atomic E-state index is 0.145. The Morgan fingerprint density at radius 1 is 1.27 bits per heavy atom. The number of carbonyl (C=O) groups excluding carboxylic acids is 2. The van der Waals surface area contributed by atoms with Gasteiger partial charge in [-0.2, -0.15) is 0 Å². The smallest absolute Gasteiger partial charge is 0.210 e. The van der Waals surface area contributed by atoms with Gasteiger partial charge in [0, 0.05) is 0 Å². The molecule has 1 aliphatic heterocycles. The molecule has 0 saturated carbocycles. The first-order valence-electron chi connectivity index (χ1n) is 5.01. The van der Waals surface area contributed by atoms with E-state index < -0.39 is 0 Å². The van der Waals surface area contributed by atoms with E-state index in [1.54, 1.807) is 0 Å². The fraction of sp³-hybridized carbons (Fsp3) is 0.333. The summed E-state index contributed by atoms with van der Waals surface area (Å²) in [5.41, 5.74) is 1.41. The number of carbonyl (C=O) groups is 2. The second-order valence-electron chi connectivity index (χ2n) is 3.39. The average molecular weight is 205 g/mol. The molecule has 80 valence electrons. The van der Waals surface area contributed by atoms with Crippen LogP contribution in [0.1, 0.15) is 12.5 Å². The van der Waals surface area contributed by atoms with E-state index in [0.29, 0.717) is 19.5 Å². The van der Waals surface area contributed by atoms with Gasteiger partial charge in [0.2, 0.25) is 6.41 Å². The Kier molecular flexibility index (Phi) is 4.54. The van der Waals surface area contributed by atoms with E-state index in [1.807, 2.05) is 6.07 Å². The van der Waals surface area contributed by atoms with Crippen LogP contribution in [0.3, 0.4) is 0 Å². The first-order chi connectivity index (χ1) is 7.26. The first kappa shape index (κ1) is 11.4. The average Bonchev–Trinajstić information content (AvgIpc) is 2.27. The second kappa shape index (κ2) is 5.96. The van der Waals surface area contributed by atoms with Crippen LogP contribution in [0.15, 0.2) is 30.3 Å². The second-order valence-corrected chi connectivity index (χ2v) is 3.39. The molecule has 0 aromatic heterocycles. The standard InChI is InChI=1S/C8H10.C4H5NO2/c1-2-8-6-4-3-5-7-8;6-3-5-1-4(7)2-5/h3-7H,2H2,1H3;3H,1-2H2. The number of hydrogen-bond acceptors (Lipinski definition) is 2. The minimum Gasteiger partial charge on any atom is -0.330 e. The molecule has 3 nitrogen and oxygen atoms in total. The van der Waals surface area contributed by atoms with Gasteiger partial charge in [-0.15, -0.1) is 0 Å². The highest BCUT2D eigenvalue weighted by Gasteiger charge is 2.20. The molecular formula is C12H15NO2. The summed E-state index contributed by atoms with van der Waals surface area (Å²) < 4.78 is 0. The lowest BCUT2D eigenvalue weighted by Crippen LogP contribution is -2.45. The van der Waals surface area contributed by atoms with Crippen LogP contribution in [-0.4, -0.2) is 30.2 Å². The normalized spacial score (nSPS) is 13.7. The van der Waals surface area contributed by atoms with Gasteiger partial charge >= 0.3 is 0 Å². The molecule has 1 aromatic rings. The van der Waals surface area contributed by atoms with Crippen LogP contribution in [0.5, 0.6) is 0 Å². The van der Waals surface area contributed by atoms with Crippen molar-refractivity contribution >= 4 is 12.2 Å². The SMILES string of the molecule is CCc1ccccc1.O=CN1CC(=O)C1. The molecule has 0 N–H and O–H groups in total. The van der Waals surface area contributed by atoms with Crippen LogP contribution in [0.4, 0.5) is 0 Å². The van der Waals surface area contributed by atoms with Crippen molar-refractivity contribution in [3.05, 3.63) is 35.9 Å². The zero-order valence-corrected chi connectivity index (χ0v) is 8.85. The van der Waals surface area contributed by atoms with Crippen molar-refractivity contribution in [1.29, 1.82) is 0 Å². The van der Waals surface area contributed by atoms with Crippen molar-refractivity contribution in [3.63, 3.8) is 0 Å². The van der Waals surface area contributed by atoms with Gasteiger partial charge in [0.05, 0.1) is 13.1 Å². The molecule has 0 atom stereocenters. The largest absolute Gasteiger partial charge is 0.330 e. The number of ketones is 1. The van der Waals surface area contributed by atoms with Crippen LogP contribution >= 0.6 is 0 Å². The van der Waals surface area contributed by atoms with Gasteiger partial charge < -0.3 is 4.90 Å². The van der Waals surface area contributed by atoms with Crippen LogP contribution in [0.2, 0.25) is 0 Å². The monoisotopic (exact) mass is 205 g/mol. The number of likely N-dealkylation sites (tertiary alicyclic amines) is 1. The van der Waals surface area contributed by atoms with Gasteiger partial charge in [-0.25, -0.2) is 0 Å². The number of amides is 1. The highest BCUT2D eigenvalue weighted by atomic mass is 16.2. The Labute approximate surface area is 89.7 Å². The van der Waals surface area contributed by atoms with E-state index in [1.165, 1.54) is 10.5 Å². The molecule has 0 unspecified atom stereocenters. The van der Waals surface area contributed by atoms with Crippen molar-refractivity contribution in [1.82, 2.24) is 4.90 Å². The van der Waals surface area contributed by atoms with E-state index in [2.05, 4.69) is 31.2 Å². The molecular weight excluding hydrogens is 190 g/mol. The highest BCUT2D eigenvalue weighted by molar-refractivity contribution is 5.91. The van der Waals surface area contributed by atoms with E-state index in [9.17, 15) is 9.59 Å². The predicted molar refractivity (Wildman–Crippen MR) is 58.5 cm³/mol. The molecule has 0 bridgehead atoms. The van der Waals surface area contributed by atoms with Gasteiger partial charge in [-0.1, -0.05) is 37.3 Å². The van der Waals surface area contributed by atoms with Crippen molar-refractivity contribution in [3.8, 4) is 0 Å². The van der Waals surface area contributed by atoms with E-state index in [4.69, 9.17) is 0 Å². The van der Waals surface area contributed by atoms with Gasteiger partial charge in [0.1, 0.15) is 0 Å². The molecule has 1 heterocycles. The predicted octanol–water partition coefficient (Wildman–Crippen LogP) is 1.28. The summed E-state index contributed by atoms with van der Waals surface area (Å²) in [5.74, 6) is 0.145. The molecule has 0 aliphatic carbocycles. The maximum Gasteiger partial charge on any atom is 0.210 e. The molecule has 1 aromatic carbocycles. The Morgan fingerprint density at radius 2 is 1.87 bits per heavy atom. The molecule has 1 amide bonds. The number of nitrogens with zero attached hydrogens (tertiary/aromatic N) is 1. The van der Waals surface area contributed by atoms with E-state index in [0.717, 1.165) is 6.42 Å². The topological polar surface area (TPSA) is 37.4 Å². The zero-order chi connectivity index (χ0) is 11.1. The van der Waals surface area contributed by atoms with Gasteiger partial charge in [0.25, 0.3) is 0 Å². The fourth-order valence-electron chi connectivity index (χ4n) is 1.19. The van der Waals surface area contributed by atoms with Gasteiger partial charge in [-0.05, 0) is 12.0 Å². The molecule has 0 spiro atoms. The third-order valence-electron chi connectivity index (χ3n) is 2.16. The summed E-state index contributed by atoms with van der Waals surface area (Å²) in [4.78, 5) is 21.2. The number of aryl methyl sites for hydroxylation is 1. The van der Waals surface area contributed by atoms with Crippen molar-refractivity contribution in [2.75, 3.05) is 13.1 Å². The van der Waals surface area contributed by atoms with Crippen LogP contribution < -0.4 is 0 Å². The fourth-order valence-corrected chi connectivity index (χ4v) is 1.19. The molecule has 1 fully saturated rings. The Balaban J connectivity index is 0.000000151. The number of hydrogen-bond donors (Lipinski definition) is 0. The zero-order valence-electron chi connectivity index (χ0n) is 8.85. The molecule has 2 rings (SSSR count). The van der Waals surface area contributed by atoms with E-state index in [-0.39, 0.29) is 5.78 Å². The molecule has 1 aliphatic rings. The summed E-state index contributed by atoms with van der Waals surface area (Å²) in [6, 6.07) is 10.5.